The van der Waals surface area contributed by atoms with E-state index < -0.39 is 19.8 Å². The maximum Gasteiger partial charge on any atom is 0.524 e. The fraction of sp³-hybridized carbons (Fsp3) is 0.364. The molecule has 0 aromatic heterocycles. The lowest BCUT2D eigenvalue weighted by Gasteiger charge is -2.13. The van der Waals surface area contributed by atoms with E-state index in [0.29, 0.717) is 6.54 Å². The quantitative estimate of drug-likeness (QED) is 0.548. The molecule has 0 heterocycles. The van der Waals surface area contributed by atoms with E-state index in [-0.39, 0.29) is 12.2 Å². The minimum atomic E-state index is -4.56. The minimum absolute atomic E-state index is 0.0346. The van der Waals surface area contributed by atoms with Crippen LogP contribution in [0.4, 0.5) is 0 Å². The summed E-state index contributed by atoms with van der Waals surface area (Å²) in [6, 6.07) is 5.22. The molecule has 0 radical (unpaired) electrons. The van der Waals surface area contributed by atoms with E-state index in [1.165, 1.54) is 12.1 Å². The van der Waals surface area contributed by atoms with Gasteiger partial charge in [0.25, 0.3) is 0 Å². The number of hydrogen-bond donors (Lipinski definition) is 4. The lowest BCUT2D eigenvalue weighted by atomic mass is 10.1. The molecule has 0 amide bonds. The van der Waals surface area contributed by atoms with E-state index in [9.17, 15) is 9.36 Å². The van der Waals surface area contributed by atoms with Crippen LogP contribution in [-0.2, 0) is 15.8 Å². The number of nitrogens with one attached hydrogen (secondary N) is 1. The van der Waals surface area contributed by atoms with E-state index in [1.807, 2.05) is 6.92 Å². The first-order valence-corrected chi connectivity index (χ1v) is 7.15. The molecule has 0 bridgehead atoms. The first-order valence-electron chi connectivity index (χ1n) is 5.62. The first-order chi connectivity index (χ1) is 8.81. The van der Waals surface area contributed by atoms with Gasteiger partial charge in [0.15, 0.2) is 0 Å². The first kappa shape index (κ1) is 15.7. The van der Waals surface area contributed by atoms with Crippen molar-refractivity contribution in [2.45, 2.75) is 19.4 Å². The largest absolute Gasteiger partial charge is 0.524 e. The molecular weight excluding hydrogens is 273 g/mol. The molecule has 0 aliphatic rings. The van der Waals surface area contributed by atoms with Gasteiger partial charge in [-0.05, 0) is 30.7 Å². The van der Waals surface area contributed by atoms with Crippen LogP contribution in [0.5, 0.6) is 5.75 Å². The molecule has 1 aromatic carbocycles. The van der Waals surface area contributed by atoms with Crippen molar-refractivity contribution in [2.24, 2.45) is 0 Å². The highest BCUT2D eigenvalue weighted by molar-refractivity contribution is 7.46. The number of carboxylic acid groups (broad SMARTS) is 1. The van der Waals surface area contributed by atoms with Crippen molar-refractivity contribution in [1.29, 1.82) is 0 Å². The fourth-order valence-electron chi connectivity index (χ4n) is 1.55. The molecule has 4 N–H and O–H groups in total. The van der Waals surface area contributed by atoms with E-state index in [1.54, 1.807) is 12.1 Å². The molecule has 106 valence electrons. The van der Waals surface area contributed by atoms with E-state index >= 15 is 0 Å². The van der Waals surface area contributed by atoms with Crippen molar-refractivity contribution in [1.82, 2.24) is 5.32 Å². The Bertz CT molecular complexity index is 469. The van der Waals surface area contributed by atoms with Gasteiger partial charge < -0.3 is 14.9 Å². The molecule has 1 aromatic rings. The van der Waals surface area contributed by atoms with Crippen molar-refractivity contribution in [3.8, 4) is 5.75 Å². The smallest absolute Gasteiger partial charge is 0.480 e. The van der Waals surface area contributed by atoms with Crippen LogP contribution in [0.2, 0.25) is 0 Å². The number of aliphatic carboxylic acids is 1. The molecule has 1 rings (SSSR count). The molecule has 0 saturated carbocycles. The van der Waals surface area contributed by atoms with Crippen molar-refractivity contribution in [3.63, 3.8) is 0 Å². The Hall–Kier alpha value is -1.40. The molecule has 0 aliphatic heterocycles. The normalized spacial score (nSPS) is 13.0. The maximum atomic E-state index is 11.0. The van der Waals surface area contributed by atoms with Crippen molar-refractivity contribution in [2.75, 3.05) is 6.54 Å². The summed E-state index contributed by atoms with van der Waals surface area (Å²) in [7, 11) is -4.56. The average molecular weight is 289 g/mol. The molecule has 1 atom stereocenters. The lowest BCUT2D eigenvalue weighted by molar-refractivity contribution is -0.139. The summed E-state index contributed by atoms with van der Waals surface area (Å²) < 4.78 is 15.0. The summed E-state index contributed by atoms with van der Waals surface area (Å²) in [5.41, 5.74) is 0.728. The summed E-state index contributed by atoms with van der Waals surface area (Å²) in [5.74, 6) is -0.912. The summed E-state index contributed by atoms with van der Waals surface area (Å²) in [6.07, 6.45) is 0.277. The van der Waals surface area contributed by atoms with Gasteiger partial charge in [0.1, 0.15) is 11.8 Å². The zero-order valence-electron chi connectivity index (χ0n) is 10.3. The second-order valence-electron chi connectivity index (χ2n) is 3.88. The third-order valence-corrected chi connectivity index (χ3v) is 2.78. The fourth-order valence-corrected chi connectivity index (χ4v) is 1.95. The highest BCUT2D eigenvalue weighted by Crippen LogP contribution is 2.37. The zero-order valence-corrected chi connectivity index (χ0v) is 11.2. The number of phosphoric ester groups is 1. The minimum Gasteiger partial charge on any atom is -0.480 e. The Labute approximate surface area is 110 Å². The lowest BCUT2D eigenvalue weighted by Crippen LogP contribution is -2.38. The molecule has 0 aliphatic carbocycles. The predicted octanol–water partition coefficient (Wildman–Crippen LogP) is 0.763. The number of hydrogen-bond acceptors (Lipinski definition) is 4. The molecular formula is C11H16NO6P. The third-order valence-electron chi connectivity index (χ3n) is 2.34. The van der Waals surface area contributed by atoms with Gasteiger partial charge in [-0.2, -0.15) is 0 Å². The van der Waals surface area contributed by atoms with Crippen LogP contribution in [0.15, 0.2) is 24.3 Å². The monoisotopic (exact) mass is 289 g/mol. The summed E-state index contributed by atoms with van der Waals surface area (Å²) in [4.78, 5) is 28.2. The highest BCUT2D eigenvalue weighted by Gasteiger charge is 2.18. The van der Waals surface area contributed by atoms with Gasteiger partial charge in [-0.3, -0.25) is 14.6 Å². The Balaban J connectivity index is 2.70. The van der Waals surface area contributed by atoms with Crippen LogP contribution < -0.4 is 9.84 Å². The Morgan fingerprint density at radius 2 is 1.95 bits per heavy atom. The standard InChI is InChI=1S/C11H16NO6P/c1-2-12-10(11(13)14)7-8-3-5-9(6-4-8)18-19(15,16)17/h3-6,10,12H,2,7H2,1H3,(H,13,14)(H2,15,16,17)/t10-/m0/s1. The van der Waals surface area contributed by atoms with Gasteiger partial charge in [-0.1, -0.05) is 19.1 Å². The number of phosphoric acid groups is 1. The van der Waals surface area contributed by atoms with Gasteiger partial charge in [0.2, 0.25) is 0 Å². The van der Waals surface area contributed by atoms with Gasteiger partial charge in [-0.25, -0.2) is 4.57 Å². The van der Waals surface area contributed by atoms with Gasteiger partial charge in [0.05, 0.1) is 0 Å². The summed E-state index contributed by atoms with van der Waals surface area (Å²) in [6.45, 7) is 2.35. The van der Waals surface area contributed by atoms with E-state index in [4.69, 9.17) is 14.9 Å². The van der Waals surface area contributed by atoms with Crippen LogP contribution in [0.1, 0.15) is 12.5 Å². The van der Waals surface area contributed by atoms with E-state index in [2.05, 4.69) is 9.84 Å². The molecule has 0 saturated heterocycles. The Morgan fingerprint density at radius 3 is 2.37 bits per heavy atom. The number of rotatable bonds is 7. The van der Waals surface area contributed by atoms with Gasteiger partial charge in [-0.15, -0.1) is 0 Å². The van der Waals surface area contributed by atoms with Gasteiger partial charge >= 0.3 is 13.8 Å². The highest BCUT2D eigenvalue weighted by atomic mass is 31.2. The second kappa shape index (κ2) is 6.68. The maximum absolute atomic E-state index is 11.0. The molecule has 0 unspecified atom stereocenters. The third kappa shape index (κ3) is 5.85. The molecule has 7 nitrogen and oxygen atoms in total. The molecule has 8 heteroatoms. The van der Waals surface area contributed by atoms with Crippen molar-refractivity contribution in [3.05, 3.63) is 29.8 Å². The van der Waals surface area contributed by atoms with Crippen LogP contribution in [0.3, 0.4) is 0 Å². The molecule has 19 heavy (non-hydrogen) atoms. The van der Waals surface area contributed by atoms with Crippen LogP contribution in [0, 0.1) is 0 Å². The number of carbonyl (C=O) groups is 1. The summed E-state index contributed by atoms with van der Waals surface area (Å²) in [5, 5.41) is 11.8. The number of carboxylic acids is 1. The van der Waals surface area contributed by atoms with E-state index in [0.717, 1.165) is 5.56 Å². The van der Waals surface area contributed by atoms with Crippen LogP contribution >= 0.6 is 7.82 Å². The SMILES string of the molecule is CCN[C@@H](Cc1ccc(OP(=O)(O)O)cc1)C(=O)O. The van der Waals surface area contributed by atoms with Crippen LogP contribution in [-0.4, -0.2) is 33.4 Å². The second-order valence-corrected chi connectivity index (χ2v) is 5.04. The Kier molecular flexibility index (Phi) is 5.50. The molecule has 0 spiro atoms. The zero-order chi connectivity index (χ0) is 14.5. The predicted molar refractivity (Wildman–Crippen MR) is 67.9 cm³/mol. The Morgan fingerprint density at radius 1 is 1.37 bits per heavy atom. The van der Waals surface area contributed by atoms with Crippen molar-refractivity contribution < 1.29 is 28.8 Å². The van der Waals surface area contributed by atoms with Crippen LogP contribution in [0.25, 0.3) is 0 Å². The van der Waals surface area contributed by atoms with Crippen molar-refractivity contribution >= 4 is 13.8 Å². The topological polar surface area (TPSA) is 116 Å². The van der Waals surface area contributed by atoms with Gasteiger partial charge in [0, 0.05) is 0 Å². The average Bonchev–Trinajstić information content (AvgIpc) is 2.29. The number of benzene rings is 1. The number of likely N-dealkylation sites (N-methyl/N-ethyl adjacent to an activating group) is 1. The summed E-state index contributed by atoms with van der Waals surface area (Å²) >= 11 is 0. The molecule has 0 fully saturated rings.